The second kappa shape index (κ2) is 8.68. The van der Waals surface area contributed by atoms with Gasteiger partial charge < -0.3 is 20.3 Å². The number of hydrogen-bond acceptors (Lipinski definition) is 7. The van der Waals surface area contributed by atoms with Crippen LogP contribution in [0.4, 0.5) is 0 Å². The Labute approximate surface area is 157 Å². The predicted molar refractivity (Wildman–Crippen MR) is 96.0 cm³/mol. The summed E-state index contributed by atoms with van der Waals surface area (Å²) in [5.41, 5.74) is 0.575. The molecule has 1 aromatic rings. The molecule has 0 bridgehead atoms. The third-order valence-electron chi connectivity index (χ3n) is 3.10. The van der Waals surface area contributed by atoms with Gasteiger partial charge in [0, 0.05) is 0 Å². The molecule has 1 saturated heterocycles. The molecule has 2 unspecified atom stereocenters. The van der Waals surface area contributed by atoms with Crippen molar-refractivity contribution >= 4 is 52.6 Å². The van der Waals surface area contributed by atoms with E-state index >= 15 is 0 Å². The lowest BCUT2D eigenvalue weighted by atomic mass is 10.2. The van der Waals surface area contributed by atoms with Gasteiger partial charge in [-0.05, 0) is 30.7 Å². The average Bonchev–Trinajstić information content (AvgIpc) is 2.88. The van der Waals surface area contributed by atoms with E-state index in [4.69, 9.17) is 26.6 Å². The highest BCUT2D eigenvalue weighted by Crippen LogP contribution is 2.26. The molecule has 2 atom stereocenters. The maximum Gasteiger partial charge on any atom is 0.344 e. The number of carbonyl (C=O) groups excluding carboxylic acids is 1. The molecule has 1 fully saturated rings. The van der Waals surface area contributed by atoms with Crippen molar-refractivity contribution in [2.45, 2.75) is 24.7 Å². The highest BCUT2D eigenvalue weighted by atomic mass is 35.5. The van der Waals surface area contributed by atoms with Gasteiger partial charge in [-0.15, -0.1) is 5.10 Å². The Bertz CT molecular complexity index is 798. The third-order valence-corrected chi connectivity index (χ3v) is 4.47. The molecule has 1 amide bonds. The van der Waals surface area contributed by atoms with Crippen molar-refractivity contribution in [3.05, 3.63) is 28.8 Å². The zero-order valence-electron chi connectivity index (χ0n) is 13.4. The smallest absolute Gasteiger partial charge is 0.344 e. The second-order valence-corrected chi connectivity index (χ2v) is 6.73. The number of aliphatic carboxylic acids is 2. The van der Waals surface area contributed by atoms with Gasteiger partial charge in [0.25, 0.3) is 0 Å². The molecule has 1 aromatic carbocycles. The summed E-state index contributed by atoms with van der Waals surface area (Å²) >= 11 is 7.03. The molecule has 1 aliphatic rings. The number of halogens is 1. The van der Waals surface area contributed by atoms with E-state index in [1.54, 1.807) is 6.07 Å². The zero-order chi connectivity index (χ0) is 19.3. The van der Waals surface area contributed by atoms with Crippen LogP contribution in [0, 0.1) is 0 Å². The Morgan fingerprint density at radius 1 is 1.46 bits per heavy atom. The fourth-order valence-electron chi connectivity index (χ4n) is 1.83. The maximum absolute atomic E-state index is 11.6. The molecule has 3 N–H and O–H groups in total. The fourth-order valence-corrected chi connectivity index (χ4v) is 2.98. The van der Waals surface area contributed by atoms with Gasteiger partial charge in [-0.25, -0.2) is 4.79 Å². The average molecular weight is 400 g/mol. The minimum Gasteiger partial charge on any atom is -0.481 e. The van der Waals surface area contributed by atoms with E-state index in [0.29, 0.717) is 5.56 Å². The lowest BCUT2D eigenvalue weighted by Gasteiger charge is -2.11. The molecule has 0 radical (unpaired) electrons. The quantitative estimate of drug-likeness (QED) is 0.467. The van der Waals surface area contributed by atoms with E-state index in [-0.39, 0.29) is 22.4 Å². The van der Waals surface area contributed by atoms with Gasteiger partial charge in [0.2, 0.25) is 5.91 Å². The second-order valence-electron chi connectivity index (χ2n) is 5.13. The van der Waals surface area contributed by atoms with Crippen molar-refractivity contribution in [2.75, 3.05) is 0 Å². The molecule has 1 aliphatic heterocycles. The summed E-state index contributed by atoms with van der Waals surface area (Å²) in [6, 6.07) is 4.63. The molecule has 0 saturated carbocycles. The van der Waals surface area contributed by atoms with Crippen LogP contribution >= 0.6 is 23.4 Å². The Morgan fingerprint density at radius 2 is 2.19 bits per heavy atom. The Morgan fingerprint density at radius 3 is 2.81 bits per heavy atom. The summed E-state index contributed by atoms with van der Waals surface area (Å²) in [6.07, 6.45) is 0.0335. The lowest BCUT2D eigenvalue weighted by Crippen LogP contribution is -2.26. The molecule has 0 aromatic heterocycles. The summed E-state index contributed by atoms with van der Waals surface area (Å²) in [6.45, 7) is 1.38. The number of nitrogens with zero attached hydrogens (tertiary/aromatic N) is 2. The number of rotatable bonds is 7. The summed E-state index contributed by atoms with van der Waals surface area (Å²) in [4.78, 5) is 33.0. The Kier molecular flexibility index (Phi) is 6.58. The number of hydrogen-bond donors (Lipinski definition) is 3. The Balaban J connectivity index is 2.00. The van der Waals surface area contributed by atoms with Crippen LogP contribution in [0.2, 0.25) is 5.02 Å². The van der Waals surface area contributed by atoms with Crippen molar-refractivity contribution in [3.8, 4) is 5.75 Å². The van der Waals surface area contributed by atoms with Crippen molar-refractivity contribution in [2.24, 2.45) is 10.2 Å². The highest BCUT2D eigenvalue weighted by Gasteiger charge is 2.32. The van der Waals surface area contributed by atoms with Crippen LogP contribution < -0.4 is 10.1 Å². The number of nitrogens with one attached hydrogen (secondary N) is 1. The van der Waals surface area contributed by atoms with Gasteiger partial charge >= 0.3 is 11.9 Å². The maximum atomic E-state index is 11.6. The molecule has 138 valence electrons. The van der Waals surface area contributed by atoms with E-state index in [9.17, 15) is 14.4 Å². The fraction of sp³-hybridized carbons (Fsp3) is 0.267. The largest absolute Gasteiger partial charge is 0.481 e. The number of thioether (sulfide) groups is 1. The third kappa shape index (κ3) is 5.46. The molecule has 11 heteroatoms. The number of amidine groups is 1. The van der Waals surface area contributed by atoms with Crippen LogP contribution in [-0.2, 0) is 14.4 Å². The Hall–Kier alpha value is -2.59. The lowest BCUT2D eigenvalue weighted by molar-refractivity contribution is -0.144. The van der Waals surface area contributed by atoms with Gasteiger partial charge in [-0.3, -0.25) is 9.59 Å². The molecule has 1 heterocycles. The normalized spacial score (nSPS) is 19.5. The number of benzene rings is 1. The van der Waals surface area contributed by atoms with E-state index in [1.807, 2.05) is 0 Å². The van der Waals surface area contributed by atoms with Crippen LogP contribution in [0.15, 0.2) is 28.4 Å². The summed E-state index contributed by atoms with van der Waals surface area (Å²) in [5.74, 6) is -2.39. The molecule has 9 nitrogen and oxygen atoms in total. The number of carboxylic acids is 2. The number of carbonyl (C=O) groups is 3. The van der Waals surface area contributed by atoms with Crippen LogP contribution in [0.1, 0.15) is 18.9 Å². The topological polar surface area (TPSA) is 138 Å². The molecule has 0 spiro atoms. The number of amides is 1. The van der Waals surface area contributed by atoms with Crippen LogP contribution in [0.25, 0.3) is 0 Å². The first-order valence-electron chi connectivity index (χ1n) is 7.25. The molecule has 26 heavy (non-hydrogen) atoms. The van der Waals surface area contributed by atoms with E-state index in [2.05, 4.69) is 15.5 Å². The zero-order valence-corrected chi connectivity index (χ0v) is 15.0. The van der Waals surface area contributed by atoms with Crippen molar-refractivity contribution in [3.63, 3.8) is 0 Å². The number of ether oxygens (including phenoxy) is 1. The molecule has 2 rings (SSSR count). The van der Waals surface area contributed by atoms with E-state index < -0.39 is 29.2 Å². The van der Waals surface area contributed by atoms with Crippen LogP contribution in [0.5, 0.6) is 5.75 Å². The SMILES string of the molecule is CC(Oc1ccc(C=NN=C2NC(=O)C(CC(=O)O)S2)cc1Cl)C(=O)O. The minimum atomic E-state index is -1.11. The minimum absolute atomic E-state index is 0.207. The number of carboxylic acid groups (broad SMARTS) is 2. The van der Waals surface area contributed by atoms with Crippen LogP contribution in [0.3, 0.4) is 0 Å². The summed E-state index contributed by atoms with van der Waals surface area (Å²) in [7, 11) is 0. The van der Waals surface area contributed by atoms with Gasteiger partial charge in [0.1, 0.15) is 11.0 Å². The van der Waals surface area contributed by atoms with Crippen molar-refractivity contribution in [1.82, 2.24) is 5.32 Å². The standard InChI is InChI=1S/C15H14ClN3O6S/c1-7(14(23)24)25-10-3-2-8(4-9(10)16)6-17-19-15-18-13(22)11(26-15)5-12(20)21/h2-4,6-7,11H,5H2,1H3,(H,20,21)(H,23,24)(H,18,19,22). The van der Waals surface area contributed by atoms with Crippen molar-refractivity contribution < 1.29 is 29.3 Å². The van der Waals surface area contributed by atoms with Crippen LogP contribution in [-0.4, -0.2) is 50.8 Å². The summed E-state index contributed by atoms with van der Waals surface area (Å²) in [5, 5.41) is 27.3. The highest BCUT2D eigenvalue weighted by molar-refractivity contribution is 8.15. The molecule has 0 aliphatic carbocycles. The van der Waals surface area contributed by atoms with E-state index in [1.165, 1.54) is 25.3 Å². The summed E-state index contributed by atoms with van der Waals surface area (Å²) < 4.78 is 5.20. The first-order valence-corrected chi connectivity index (χ1v) is 8.51. The monoisotopic (exact) mass is 399 g/mol. The first kappa shape index (κ1) is 19.7. The van der Waals surface area contributed by atoms with Gasteiger partial charge in [-0.2, -0.15) is 5.10 Å². The predicted octanol–water partition coefficient (Wildman–Crippen LogP) is 1.59. The molecular formula is C15H14ClN3O6S. The van der Waals surface area contributed by atoms with Gasteiger partial charge in [0.15, 0.2) is 11.3 Å². The van der Waals surface area contributed by atoms with Gasteiger partial charge in [0.05, 0.1) is 17.7 Å². The van der Waals surface area contributed by atoms with Crippen molar-refractivity contribution in [1.29, 1.82) is 0 Å². The van der Waals surface area contributed by atoms with E-state index in [0.717, 1.165) is 11.8 Å². The first-order chi connectivity index (χ1) is 12.3. The molecular weight excluding hydrogens is 386 g/mol. The van der Waals surface area contributed by atoms with Gasteiger partial charge in [-0.1, -0.05) is 23.4 Å².